The normalized spacial score (nSPS) is 15.0. The van der Waals surface area contributed by atoms with E-state index in [9.17, 15) is 9.18 Å². The number of aromatic nitrogens is 1. The topological polar surface area (TPSA) is 45.7 Å². The quantitative estimate of drug-likeness (QED) is 0.853. The Kier molecular flexibility index (Phi) is 5.48. The number of benzene rings is 1. The van der Waals surface area contributed by atoms with Gasteiger partial charge in [0.05, 0.1) is 6.20 Å². The first-order chi connectivity index (χ1) is 12.1. The van der Waals surface area contributed by atoms with Crippen molar-refractivity contribution in [1.29, 1.82) is 0 Å². The summed E-state index contributed by atoms with van der Waals surface area (Å²) in [7, 11) is 1.78. The summed E-state index contributed by atoms with van der Waals surface area (Å²) >= 11 is 0. The van der Waals surface area contributed by atoms with Crippen LogP contribution in [0.2, 0.25) is 0 Å². The maximum atomic E-state index is 13.0. The Labute approximate surface area is 147 Å². The molecule has 0 N–H and O–H groups in total. The van der Waals surface area contributed by atoms with Crippen molar-refractivity contribution in [3.05, 3.63) is 60.0 Å². The Balaban J connectivity index is 1.48. The second kappa shape index (κ2) is 7.96. The highest BCUT2D eigenvalue weighted by atomic mass is 19.1. The van der Waals surface area contributed by atoms with Crippen LogP contribution in [0.3, 0.4) is 0 Å². The molecule has 6 heteroatoms. The van der Waals surface area contributed by atoms with E-state index in [0.29, 0.717) is 0 Å². The van der Waals surface area contributed by atoms with Crippen molar-refractivity contribution in [3.63, 3.8) is 0 Å². The minimum Gasteiger partial charge on any atom is -0.445 e. The number of rotatable bonds is 4. The molecule has 0 unspecified atom stereocenters. The first kappa shape index (κ1) is 17.2. The van der Waals surface area contributed by atoms with Gasteiger partial charge >= 0.3 is 6.09 Å². The van der Waals surface area contributed by atoms with E-state index in [1.54, 1.807) is 18.0 Å². The molecule has 0 saturated carbocycles. The van der Waals surface area contributed by atoms with Gasteiger partial charge in [0.2, 0.25) is 0 Å². The third-order valence-corrected chi connectivity index (χ3v) is 4.54. The fraction of sp³-hybridized carbons (Fsp3) is 0.368. The van der Waals surface area contributed by atoms with Gasteiger partial charge in [-0.25, -0.2) is 14.2 Å². The number of amides is 1. The minimum absolute atomic E-state index is 0.139. The molecular formula is C19H22FN3O2. The van der Waals surface area contributed by atoms with Gasteiger partial charge in [0.1, 0.15) is 18.2 Å². The molecule has 1 fully saturated rings. The number of carbonyl (C=O) groups excluding carboxylic acids is 1. The number of hydrogen-bond acceptors (Lipinski definition) is 4. The highest BCUT2D eigenvalue weighted by molar-refractivity contribution is 5.67. The van der Waals surface area contributed by atoms with Gasteiger partial charge in [-0.2, -0.15) is 0 Å². The molecule has 1 aromatic heterocycles. The lowest BCUT2D eigenvalue weighted by molar-refractivity contribution is 0.0862. The van der Waals surface area contributed by atoms with Gasteiger partial charge < -0.3 is 14.5 Å². The first-order valence-electron chi connectivity index (χ1n) is 8.43. The highest BCUT2D eigenvalue weighted by Gasteiger charge is 2.26. The van der Waals surface area contributed by atoms with Crippen LogP contribution in [-0.2, 0) is 11.3 Å². The summed E-state index contributed by atoms with van der Waals surface area (Å²) in [5.74, 6) is 0.439. The lowest BCUT2D eigenvalue weighted by atomic mass is 10.0. The molecule has 0 bridgehead atoms. The Morgan fingerprint density at radius 3 is 2.60 bits per heavy atom. The van der Waals surface area contributed by atoms with Crippen molar-refractivity contribution in [1.82, 2.24) is 9.88 Å². The molecule has 1 aliphatic rings. The zero-order chi connectivity index (χ0) is 17.6. The first-order valence-corrected chi connectivity index (χ1v) is 8.43. The van der Waals surface area contributed by atoms with Crippen molar-refractivity contribution in [3.8, 4) is 0 Å². The zero-order valence-electron chi connectivity index (χ0n) is 14.3. The van der Waals surface area contributed by atoms with Crippen LogP contribution in [0.25, 0.3) is 0 Å². The van der Waals surface area contributed by atoms with Crippen LogP contribution in [0.4, 0.5) is 15.0 Å². The monoisotopic (exact) mass is 343 g/mol. The lowest BCUT2D eigenvalue weighted by Gasteiger charge is -2.36. The van der Waals surface area contributed by atoms with E-state index in [-0.39, 0.29) is 24.6 Å². The maximum absolute atomic E-state index is 13.0. The number of nitrogens with zero attached hydrogens (tertiary/aromatic N) is 3. The van der Waals surface area contributed by atoms with Crippen molar-refractivity contribution >= 4 is 11.9 Å². The van der Waals surface area contributed by atoms with Gasteiger partial charge in [-0.1, -0.05) is 30.3 Å². The van der Waals surface area contributed by atoms with Crippen LogP contribution in [0.1, 0.15) is 18.4 Å². The predicted octanol–water partition coefficient (Wildman–Crippen LogP) is 3.46. The van der Waals surface area contributed by atoms with Gasteiger partial charge in [-0.3, -0.25) is 0 Å². The number of pyridine rings is 1. The smallest absolute Gasteiger partial charge is 0.410 e. The summed E-state index contributed by atoms with van der Waals surface area (Å²) < 4.78 is 18.4. The molecule has 0 aliphatic carbocycles. The molecule has 5 nitrogen and oxygen atoms in total. The van der Waals surface area contributed by atoms with Crippen LogP contribution in [-0.4, -0.2) is 42.2 Å². The van der Waals surface area contributed by atoms with Crippen molar-refractivity contribution in [2.24, 2.45) is 0 Å². The standard InChI is InChI=1S/C19H22FN3O2/c1-22(19(24)25-14-15-5-3-2-4-6-15)17-9-11-23(12-10-17)18-8-7-16(20)13-21-18/h2-8,13,17H,9-12,14H2,1H3. The second-order valence-electron chi connectivity index (χ2n) is 6.20. The summed E-state index contributed by atoms with van der Waals surface area (Å²) in [5.41, 5.74) is 0.974. The Hall–Kier alpha value is -2.63. The van der Waals surface area contributed by atoms with Gasteiger partial charge in [-0.15, -0.1) is 0 Å². The molecule has 3 rings (SSSR count). The van der Waals surface area contributed by atoms with Crippen LogP contribution in [0.15, 0.2) is 48.7 Å². The largest absolute Gasteiger partial charge is 0.445 e. The molecule has 0 atom stereocenters. The van der Waals surface area contributed by atoms with E-state index in [2.05, 4.69) is 9.88 Å². The second-order valence-corrected chi connectivity index (χ2v) is 6.20. The average molecular weight is 343 g/mol. The van der Waals surface area contributed by atoms with Crippen LogP contribution < -0.4 is 4.90 Å². The van der Waals surface area contributed by atoms with Gasteiger partial charge in [0.25, 0.3) is 0 Å². The molecule has 1 amide bonds. The number of anilines is 1. The summed E-state index contributed by atoms with van der Waals surface area (Å²) in [5, 5.41) is 0. The van der Waals surface area contributed by atoms with Crippen molar-refractivity contribution < 1.29 is 13.9 Å². The Morgan fingerprint density at radius 2 is 1.96 bits per heavy atom. The molecule has 0 radical (unpaired) electrons. The van der Waals surface area contributed by atoms with Crippen molar-refractivity contribution in [2.75, 3.05) is 25.0 Å². The number of hydrogen-bond donors (Lipinski definition) is 0. The van der Waals surface area contributed by atoms with E-state index in [1.165, 1.54) is 12.3 Å². The number of carbonyl (C=O) groups is 1. The summed E-state index contributed by atoms with van der Waals surface area (Å²) in [4.78, 5) is 20.1. The van der Waals surface area contributed by atoms with E-state index in [1.807, 2.05) is 30.3 Å². The van der Waals surface area contributed by atoms with Gasteiger partial charge in [0, 0.05) is 26.2 Å². The molecule has 2 aromatic rings. The molecule has 0 spiro atoms. The van der Waals surface area contributed by atoms with Gasteiger partial charge in [0.15, 0.2) is 0 Å². The number of piperidine rings is 1. The van der Waals surface area contributed by atoms with E-state index < -0.39 is 0 Å². The number of ether oxygens (including phenoxy) is 1. The summed E-state index contributed by atoms with van der Waals surface area (Å²) in [6, 6.07) is 12.9. The van der Waals surface area contributed by atoms with Crippen LogP contribution in [0.5, 0.6) is 0 Å². The molecule has 2 heterocycles. The average Bonchev–Trinajstić information content (AvgIpc) is 2.67. The highest BCUT2D eigenvalue weighted by Crippen LogP contribution is 2.21. The SMILES string of the molecule is CN(C(=O)OCc1ccccc1)C1CCN(c2ccc(F)cn2)CC1. The fourth-order valence-corrected chi connectivity index (χ4v) is 3.01. The predicted molar refractivity (Wildman–Crippen MR) is 93.8 cm³/mol. The van der Waals surface area contributed by atoms with Crippen LogP contribution in [0, 0.1) is 5.82 Å². The van der Waals surface area contributed by atoms with Crippen LogP contribution >= 0.6 is 0 Å². The Morgan fingerprint density at radius 1 is 1.24 bits per heavy atom. The third-order valence-electron chi connectivity index (χ3n) is 4.54. The summed E-state index contributed by atoms with van der Waals surface area (Å²) in [6.45, 7) is 1.83. The molecular weight excluding hydrogens is 321 g/mol. The van der Waals surface area contributed by atoms with E-state index in [4.69, 9.17) is 4.74 Å². The van der Waals surface area contributed by atoms with E-state index in [0.717, 1.165) is 37.3 Å². The molecule has 1 aliphatic heterocycles. The molecule has 132 valence electrons. The minimum atomic E-state index is -0.334. The summed E-state index contributed by atoms with van der Waals surface area (Å²) in [6.07, 6.45) is 2.59. The Bertz CT molecular complexity index is 686. The molecule has 25 heavy (non-hydrogen) atoms. The molecule has 1 aromatic carbocycles. The third kappa shape index (κ3) is 4.47. The van der Waals surface area contributed by atoms with Crippen molar-refractivity contribution in [2.45, 2.75) is 25.5 Å². The fourth-order valence-electron chi connectivity index (χ4n) is 3.01. The van der Waals surface area contributed by atoms with Gasteiger partial charge in [-0.05, 0) is 30.5 Å². The molecule has 1 saturated heterocycles. The maximum Gasteiger partial charge on any atom is 0.410 e. The number of halogens is 1. The van der Waals surface area contributed by atoms with E-state index >= 15 is 0 Å². The lowest BCUT2D eigenvalue weighted by Crippen LogP contribution is -2.46. The zero-order valence-corrected chi connectivity index (χ0v) is 14.3.